The summed E-state index contributed by atoms with van der Waals surface area (Å²) in [6.07, 6.45) is 5.26. The Morgan fingerprint density at radius 1 is 1.14 bits per heavy atom. The number of aryl methyl sites for hydroxylation is 2. The lowest BCUT2D eigenvalue weighted by Gasteiger charge is -2.47. The van der Waals surface area contributed by atoms with Crippen molar-refractivity contribution in [3.63, 3.8) is 0 Å². The van der Waals surface area contributed by atoms with Crippen molar-refractivity contribution >= 4 is 16.9 Å². The van der Waals surface area contributed by atoms with Crippen molar-refractivity contribution in [2.75, 3.05) is 13.1 Å². The smallest absolute Gasteiger partial charge is 0.339 e. The van der Waals surface area contributed by atoms with E-state index in [1.165, 1.54) is 5.56 Å². The normalized spacial score (nSPS) is 21.9. The summed E-state index contributed by atoms with van der Waals surface area (Å²) in [5.41, 5.74) is 3.15. The third-order valence-electron chi connectivity index (χ3n) is 8.15. The SMILES string of the molecule is Cc1ccc(COc2ccc3c(C)c(CCC(=O)N4CC[C@]5(O)CCCC[C@H]5C4)c(=O)oc3c2)cc1. The number of hydrogen-bond donors (Lipinski definition) is 1. The molecule has 0 unspecified atom stereocenters. The quantitative estimate of drug-likeness (QED) is 0.489. The van der Waals surface area contributed by atoms with Crippen LogP contribution in [-0.2, 0) is 17.8 Å². The maximum absolute atomic E-state index is 13.0. The average Bonchev–Trinajstić information content (AvgIpc) is 2.87. The Bertz CT molecular complexity index is 1310. The van der Waals surface area contributed by atoms with Crippen LogP contribution in [0.2, 0.25) is 0 Å². The molecule has 1 saturated carbocycles. The van der Waals surface area contributed by atoms with E-state index in [0.717, 1.165) is 42.2 Å². The molecule has 1 aliphatic carbocycles. The predicted molar refractivity (Wildman–Crippen MR) is 139 cm³/mol. The topological polar surface area (TPSA) is 80.0 Å². The zero-order chi connectivity index (χ0) is 25.3. The van der Waals surface area contributed by atoms with Gasteiger partial charge in [0.05, 0.1) is 5.60 Å². The van der Waals surface area contributed by atoms with E-state index in [1.54, 1.807) is 6.07 Å². The number of carbonyl (C=O) groups excluding carboxylic acids is 1. The second-order valence-corrected chi connectivity index (χ2v) is 10.6. The third kappa shape index (κ3) is 5.05. The first kappa shape index (κ1) is 24.6. The van der Waals surface area contributed by atoms with Crippen molar-refractivity contribution in [2.45, 2.75) is 71.0 Å². The fourth-order valence-corrected chi connectivity index (χ4v) is 5.79. The lowest BCUT2D eigenvalue weighted by molar-refractivity contribution is -0.143. The molecule has 0 radical (unpaired) electrons. The monoisotopic (exact) mass is 489 g/mol. The molecule has 2 fully saturated rings. The van der Waals surface area contributed by atoms with Gasteiger partial charge in [-0.05, 0) is 62.8 Å². The molecule has 0 spiro atoms. The molecule has 3 aromatic rings. The van der Waals surface area contributed by atoms with Crippen LogP contribution in [0.4, 0.5) is 0 Å². The Labute approximate surface area is 211 Å². The largest absolute Gasteiger partial charge is 0.489 e. The van der Waals surface area contributed by atoms with Crippen LogP contribution >= 0.6 is 0 Å². The lowest BCUT2D eigenvalue weighted by Crippen LogP contribution is -2.54. The number of aliphatic hydroxyl groups is 1. The van der Waals surface area contributed by atoms with Crippen LogP contribution in [0, 0.1) is 19.8 Å². The Balaban J connectivity index is 1.25. The molecule has 5 rings (SSSR count). The number of fused-ring (bicyclic) bond motifs is 2. The Hall–Kier alpha value is -3.12. The average molecular weight is 490 g/mol. The summed E-state index contributed by atoms with van der Waals surface area (Å²) < 4.78 is 11.6. The molecule has 0 bridgehead atoms. The molecule has 1 amide bonds. The first-order valence-electron chi connectivity index (χ1n) is 13.1. The van der Waals surface area contributed by atoms with Crippen LogP contribution in [0.3, 0.4) is 0 Å². The highest BCUT2D eigenvalue weighted by Crippen LogP contribution is 2.40. The predicted octanol–water partition coefficient (Wildman–Crippen LogP) is 5.08. The highest BCUT2D eigenvalue weighted by atomic mass is 16.5. The molecule has 1 aromatic heterocycles. The molecule has 2 heterocycles. The van der Waals surface area contributed by atoms with Gasteiger partial charge < -0.3 is 19.2 Å². The fraction of sp³-hybridized carbons (Fsp3) is 0.467. The summed E-state index contributed by atoms with van der Waals surface area (Å²) in [5, 5.41) is 11.7. The lowest BCUT2D eigenvalue weighted by atomic mass is 9.71. The van der Waals surface area contributed by atoms with Crippen molar-refractivity contribution in [1.29, 1.82) is 0 Å². The van der Waals surface area contributed by atoms with Gasteiger partial charge >= 0.3 is 5.63 Å². The van der Waals surface area contributed by atoms with E-state index in [1.807, 2.05) is 43.0 Å². The molecule has 1 N–H and O–H groups in total. The van der Waals surface area contributed by atoms with Gasteiger partial charge in [-0.2, -0.15) is 0 Å². The van der Waals surface area contributed by atoms with Gasteiger partial charge in [-0.1, -0.05) is 42.7 Å². The molecule has 2 atom stereocenters. The summed E-state index contributed by atoms with van der Waals surface area (Å²) in [6, 6.07) is 13.7. The summed E-state index contributed by atoms with van der Waals surface area (Å²) >= 11 is 0. The molecule has 6 nitrogen and oxygen atoms in total. The van der Waals surface area contributed by atoms with Crippen molar-refractivity contribution in [3.05, 3.63) is 75.1 Å². The molecular weight excluding hydrogens is 454 g/mol. The minimum atomic E-state index is -0.603. The van der Waals surface area contributed by atoms with Crippen molar-refractivity contribution in [3.8, 4) is 5.75 Å². The summed E-state index contributed by atoms with van der Waals surface area (Å²) in [4.78, 5) is 27.7. The second-order valence-electron chi connectivity index (χ2n) is 10.6. The minimum Gasteiger partial charge on any atom is -0.489 e. The highest BCUT2D eigenvalue weighted by molar-refractivity contribution is 5.83. The number of rotatable bonds is 6. The number of piperidine rings is 1. The van der Waals surface area contributed by atoms with Crippen LogP contribution in [-0.4, -0.2) is 34.6 Å². The van der Waals surface area contributed by atoms with E-state index < -0.39 is 11.2 Å². The molecule has 2 aromatic carbocycles. The first-order chi connectivity index (χ1) is 17.3. The molecule has 190 valence electrons. The van der Waals surface area contributed by atoms with Gasteiger partial charge in [-0.25, -0.2) is 4.79 Å². The van der Waals surface area contributed by atoms with E-state index in [-0.39, 0.29) is 18.2 Å². The summed E-state index contributed by atoms with van der Waals surface area (Å²) in [6.45, 7) is 5.60. The maximum atomic E-state index is 13.0. The first-order valence-corrected chi connectivity index (χ1v) is 13.1. The molecule has 36 heavy (non-hydrogen) atoms. The highest BCUT2D eigenvalue weighted by Gasteiger charge is 2.43. The van der Waals surface area contributed by atoms with Gasteiger partial charge in [0.15, 0.2) is 0 Å². The summed E-state index contributed by atoms with van der Waals surface area (Å²) in [7, 11) is 0. The molecule has 6 heteroatoms. The minimum absolute atomic E-state index is 0.0429. The van der Waals surface area contributed by atoms with E-state index in [4.69, 9.17) is 9.15 Å². The van der Waals surface area contributed by atoms with Crippen LogP contribution in [0.25, 0.3) is 11.0 Å². The number of ether oxygens (including phenoxy) is 1. The van der Waals surface area contributed by atoms with Crippen LogP contribution in [0.15, 0.2) is 51.7 Å². The number of benzene rings is 2. The molecular formula is C30H35NO5. The van der Waals surface area contributed by atoms with Crippen LogP contribution in [0.5, 0.6) is 5.75 Å². The van der Waals surface area contributed by atoms with Gasteiger partial charge in [0.1, 0.15) is 17.9 Å². The van der Waals surface area contributed by atoms with Crippen LogP contribution < -0.4 is 10.4 Å². The third-order valence-corrected chi connectivity index (χ3v) is 8.15. The summed E-state index contributed by atoms with van der Waals surface area (Å²) in [5.74, 6) is 0.849. The number of amides is 1. The number of carbonyl (C=O) groups is 1. The van der Waals surface area contributed by atoms with Gasteiger partial charge in [0.2, 0.25) is 5.91 Å². The standard InChI is InChI=1S/C30H35NO5/c1-20-6-8-22(9-7-20)19-35-24-10-11-25-21(2)26(29(33)36-27(25)17-24)12-13-28(32)31-16-15-30(34)14-4-3-5-23(30)18-31/h6-11,17,23,34H,3-5,12-16,18-19H2,1-2H3/t23-,30+/m0/s1. The van der Waals surface area contributed by atoms with E-state index >= 15 is 0 Å². The number of likely N-dealkylation sites (tertiary alicyclic amines) is 1. The van der Waals surface area contributed by atoms with Crippen LogP contribution in [0.1, 0.15) is 60.8 Å². The zero-order valence-electron chi connectivity index (χ0n) is 21.2. The van der Waals surface area contributed by atoms with Crippen molar-refractivity contribution < 1.29 is 19.1 Å². The number of hydrogen-bond acceptors (Lipinski definition) is 5. The van der Waals surface area contributed by atoms with Gasteiger partial charge in [-0.3, -0.25) is 4.79 Å². The van der Waals surface area contributed by atoms with E-state index in [9.17, 15) is 14.7 Å². The van der Waals surface area contributed by atoms with Crippen molar-refractivity contribution in [1.82, 2.24) is 4.90 Å². The van der Waals surface area contributed by atoms with Gasteiger partial charge in [-0.15, -0.1) is 0 Å². The van der Waals surface area contributed by atoms with Gasteiger partial charge in [0.25, 0.3) is 0 Å². The Kier molecular flexibility index (Phi) is 6.89. The number of nitrogens with zero attached hydrogens (tertiary/aromatic N) is 1. The zero-order valence-corrected chi connectivity index (χ0v) is 21.2. The Morgan fingerprint density at radius 2 is 1.94 bits per heavy atom. The molecule has 1 saturated heterocycles. The fourth-order valence-electron chi connectivity index (χ4n) is 5.79. The van der Waals surface area contributed by atoms with Crippen molar-refractivity contribution in [2.24, 2.45) is 5.92 Å². The molecule has 1 aliphatic heterocycles. The Morgan fingerprint density at radius 3 is 2.75 bits per heavy atom. The van der Waals surface area contributed by atoms with E-state index in [0.29, 0.717) is 49.4 Å². The second kappa shape index (κ2) is 10.1. The van der Waals surface area contributed by atoms with Gasteiger partial charge in [0, 0.05) is 42.4 Å². The van der Waals surface area contributed by atoms with E-state index in [2.05, 4.69) is 12.1 Å². The molecule has 2 aliphatic rings. The maximum Gasteiger partial charge on any atom is 0.339 e.